The van der Waals surface area contributed by atoms with Crippen LogP contribution in [-0.2, 0) is 16.1 Å². The third-order valence-corrected chi connectivity index (χ3v) is 6.98. The topological polar surface area (TPSA) is 100 Å². The van der Waals surface area contributed by atoms with Gasteiger partial charge in [-0.1, -0.05) is 11.6 Å². The molecule has 0 saturated heterocycles. The van der Waals surface area contributed by atoms with Gasteiger partial charge in [-0.25, -0.2) is 9.37 Å². The van der Waals surface area contributed by atoms with E-state index in [4.69, 9.17) is 26.6 Å². The molecule has 0 spiro atoms. The molecule has 1 heterocycles. The molecule has 40 heavy (non-hydrogen) atoms. The fourth-order valence-corrected chi connectivity index (χ4v) is 4.76. The zero-order valence-electron chi connectivity index (χ0n) is 21.9. The number of halogens is 2. The first-order valence-corrected chi connectivity index (χ1v) is 13.4. The summed E-state index contributed by atoms with van der Waals surface area (Å²) in [4.78, 5) is 32.0. The van der Waals surface area contributed by atoms with Gasteiger partial charge in [0.05, 0.1) is 47.3 Å². The van der Waals surface area contributed by atoms with Gasteiger partial charge < -0.3 is 19.5 Å². The number of esters is 1. The zero-order chi connectivity index (χ0) is 28.2. The number of amides is 1. The van der Waals surface area contributed by atoms with Crippen LogP contribution in [0.3, 0.4) is 0 Å². The predicted octanol–water partition coefficient (Wildman–Crippen LogP) is 6.25. The molecule has 1 amide bonds. The summed E-state index contributed by atoms with van der Waals surface area (Å²) >= 11 is 6.01. The Hall–Kier alpha value is -4.42. The summed E-state index contributed by atoms with van der Waals surface area (Å²) in [5.41, 5.74) is 3.82. The standard InChI is InChI=1S/C30H27ClFN5O3/c1-2-40-29(38)13-14-36(23-10-11-25(32)24(31)16-23)30(39)20-5-12-27-26(15-20)35-28(37(27)22-8-9-22)18-34-21-6-3-19(17-33)4-7-21/h3-7,10-12,15-16,22,34H,2,8-9,13-14,18H2,1H3. The van der Waals surface area contributed by atoms with Crippen molar-refractivity contribution in [3.8, 4) is 6.07 Å². The van der Waals surface area contributed by atoms with Gasteiger partial charge in [0, 0.05) is 29.5 Å². The number of nitriles is 1. The second-order valence-electron chi connectivity index (χ2n) is 9.49. The number of benzene rings is 3. The molecule has 1 aromatic heterocycles. The lowest BCUT2D eigenvalue weighted by molar-refractivity contribution is -0.142. The van der Waals surface area contributed by atoms with Crippen molar-refractivity contribution in [2.24, 2.45) is 0 Å². The summed E-state index contributed by atoms with van der Waals surface area (Å²) in [7, 11) is 0. The highest BCUT2D eigenvalue weighted by molar-refractivity contribution is 6.31. The average Bonchev–Trinajstić information content (AvgIpc) is 3.73. The number of imidazole rings is 1. The number of hydrogen-bond donors (Lipinski definition) is 1. The van der Waals surface area contributed by atoms with Gasteiger partial charge in [-0.15, -0.1) is 0 Å². The Balaban J connectivity index is 1.43. The number of carbonyl (C=O) groups is 2. The van der Waals surface area contributed by atoms with Crippen LogP contribution in [0.15, 0.2) is 60.7 Å². The smallest absolute Gasteiger partial charge is 0.307 e. The summed E-state index contributed by atoms with van der Waals surface area (Å²) < 4.78 is 21.1. The quantitative estimate of drug-likeness (QED) is 0.231. The first kappa shape index (κ1) is 27.2. The minimum atomic E-state index is -0.600. The molecule has 1 aliphatic carbocycles. The molecular formula is C30H27ClFN5O3. The number of carbonyl (C=O) groups excluding carboxylic acids is 2. The van der Waals surface area contributed by atoms with Gasteiger partial charge >= 0.3 is 5.97 Å². The SMILES string of the molecule is CCOC(=O)CCN(C(=O)c1ccc2c(c1)nc(CNc1ccc(C#N)cc1)n2C1CC1)c1ccc(F)c(Cl)c1. The summed E-state index contributed by atoms with van der Waals surface area (Å²) in [5.74, 6) is -0.563. The Bertz CT molecular complexity index is 1610. The van der Waals surface area contributed by atoms with Crippen molar-refractivity contribution < 1.29 is 18.7 Å². The molecule has 0 unspecified atom stereocenters. The Morgan fingerprint density at radius 2 is 1.95 bits per heavy atom. The Morgan fingerprint density at radius 3 is 2.62 bits per heavy atom. The highest BCUT2D eigenvalue weighted by Gasteiger charge is 2.29. The van der Waals surface area contributed by atoms with E-state index in [1.165, 1.54) is 23.1 Å². The van der Waals surface area contributed by atoms with Gasteiger partial charge in [0.25, 0.3) is 5.91 Å². The second-order valence-corrected chi connectivity index (χ2v) is 9.89. The first-order valence-electron chi connectivity index (χ1n) is 13.1. The fourth-order valence-electron chi connectivity index (χ4n) is 4.58. The molecule has 5 rings (SSSR count). The van der Waals surface area contributed by atoms with Gasteiger partial charge in [-0.3, -0.25) is 9.59 Å². The molecule has 1 N–H and O–H groups in total. The van der Waals surface area contributed by atoms with E-state index in [0.29, 0.717) is 34.9 Å². The molecule has 8 nitrogen and oxygen atoms in total. The van der Waals surface area contributed by atoms with Crippen LogP contribution in [0, 0.1) is 17.1 Å². The van der Waals surface area contributed by atoms with E-state index in [2.05, 4.69) is 16.0 Å². The minimum Gasteiger partial charge on any atom is -0.466 e. The number of nitrogens with zero attached hydrogens (tertiary/aromatic N) is 4. The molecule has 0 radical (unpaired) electrons. The van der Waals surface area contributed by atoms with Crippen molar-refractivity contribution >= 4 is 45.9 Å². The largest absolute Gasteiger partial charge is 0.466 e. The predicted molar refractivity (Wildman–Crippen MR) is 151 cm³/mol. The maximum Gasteiger partial charge on any atom is 0.307 e. The minimum absolute atomic E-state index is 0.0295. The lowest BCUT2D eigenvalue weighted by atomic mass is 10.1. The molecule has 3 aromatic carbocycles. The highest BCUT2D eigenvalue weighted by atomic mass is 35.5. The maximum absolute atomic E-state index is 13.9. The maximum atomic E-state index is 13.9. The van der Waals surface area contributed by atoms with Crippen LogP contribution in [0.2, 0.25) is 5.02 Å². The van der Waals surface area contributed by atoms with E-state index in [0.717, 1.165) is 29.9 Å². The van der Waals surface area contributed by atoms with Crippen LogP contribution < -0.4 is 10.2 Å². The molecule has 0 atom stereocenters. The Labute approximate surface area is 235 Å². The molecule has 4 aromatic rings. The lowest BCUT2D eigenvalue weighted by Crippen LogP contribution is -2.33. The molecule has 1 aliphatic rings. The van der Waals surface area contributed by atoms with Crippen molar-refractivity contribution in [3.05, 3.63) is 88.5 Å². The fraction of sp³-hybridized carbons (Fsp3) is 0.267. The molecule has 1 fully saturated rings. The number of ether oxygens (including phenoxy) is 1. The molecule has 0 aliphatic heterocycles. The third-order valence-electron chi connectivity index (χ3n) is 6.69. The summed E-state index contributed by atoms with van der Waals surface area (Å²) in [6.07, 6.45) is 2.09. The van der Waals surface area contributed by atoms with Gasteiger partial charge in [-0.2, -0.15) is 5.26 Å². The van der Waals surface area contributed by atoms with Crippen LogP contribution in [-0.4, -0.2) is 34.6 Å². The van der Waals surface area contributed by atoms with Crippen LogP contribution in [0.1, 0.15) is 54.0 Å². The van der Waals surface area contributed by atoms with Crippen LogP contribution in [0.4, 0.5) is 15.8 Å². The van der Waals surface area contributed by atoms with Gasteiger partial charge in [0.15, 0.2) is 0 Å². The number of nitrogens with one attached hydrogen (secondary N) is 1. The van der Waals surface area contributed by atoms with E-state index >= 15 is 0 Å². The summed E-state index contributed by atoms with van der Waals surface area (Å²) in [6.45, 7) is 2.45. The molecular weight excluding hydrogens is 533 g/mol. The normalized spacial score (nSPS) is 12.7. The monoisotopic (exact) mass is 559 g/mol. The third kappa shape index (κ3) is 5.92. The van der Waals surface area contributed by atoms with E-state index in [1.54, 1.807) is 31.2 Å². The number of rotatable bonds is 10. The molecule has 10 heteroatoms. The molecule has 1 saturated carbocycles. The summed E-state index contributed by atoms with van der Waals surface area (Å²) in [6, 6.07) is 19.1. The van der Waals surface area contributed by atoms with Gasteiger partial charge in [0.1, 0.15) is 11.6 Å². The lowest BCUT2D eigenvalue weighted by Gasteiger charge is -2.23. The number of fused-ring (bicyclic) bond motifs is 1. The Kier molecular flexibility index (Phi) is 7.99. The second kappa shape index (κ2) is 11.8. The van der Waals surface area contributed by atoms with Crippen LogP contribution >= 0.6 is 11.6 Å². The average molecular weight is 560 g/mol. The van der Waals surface area contributed by atoms with Crippen molar-refractivity contribution in [3.63, 3.8) is 0 Å². The Morgan fingerprint density at radius 1 is 1.18 bits per heavy atom. The summed E-state index contributed by atoms with van der Waals surface area (Å²) in [5, 5.41) is 12.3. The van der Waals surface area contributed by atoms with E-state index < -0.39 is 11.8 Å². The molecule has 204 valence electrons. The van der Waals surface area contributed by atoms with Crippen molar-refractivity contribution in [2.75, 3.05) is 23.4 Å². The van der Waals surface area contributed by atoms with Gasteiger partial charge in [0.2, 0.25) is 0 Å². The van der Waals surface area contributed by atoms with Crippen molar-refractivity contribution in [1.29, 1.82) is 5.26 Å². The number of hydrogen-bond acceptors (Lipinski definition) is 6. The van der Waals surface area contributed by atoms with Crippen molar-refractivity contribution in [1.82, 2.24) is 9.55 Å². The zero-order valence-corrected chi connectivity index (χ0v) is 22.6. The van der Waals surface area contributed by atoms with Crippen molar-refractivity contribution in [2.45, 2.75) is 38.8 Å². The van der Waals surface area contributed by atoms with E-state index in [1.807, 2.05) is 18.2 Å². The van der Waals surface area contributed by atoms with Gasteiger partial charge in [-0.05, 0) is 80.4 Å². The van der Waals surface area contributed by atoms with Crippen LogP contribution in [0.5, 0.6) is 0 Å². The van der Waals surface area contributed by atoms with Crippen LogP contribution in [0.25, 0.3) is 11.0 Å². The number of aromatic nitrogens is 2. The van der Waals surface area contributed by atoms with E-state index in [-0.39, 0.29) is 30.5 Å². The van der Waals surface area contributed by atoms with E-state index in [9.17, 15) is 14.0 Å². The number of anilines is 2. The highest BCUT2D eigenvalue weighted by Crippen LogP contribution is 2.39. The molecule has 0 bridgehead atoms. The first-order chi connectivity index (χ1) is 19.4.